The van der Waals surface area contributed by atoms with E-state index in [2.05, 4.69) is 32.6 Å². The summed E-state index contributed by atoms with van der Waals surface area (Å²) in [7, 11) is 0. The van der Waals surface area contributed by atoms with Crippen LogP contribution in [0.25, 0.3) is 6.08 Å². The molecule has 4 rings (SSSR count). The molecule has 0 spiro atoms. The second-order valence-corrected chi connectivity index (χ2v) is 10.0. The fourth-order valence-electron chi connectivity index (χ4n) is 3.84. The van der Waals surface area contributed by atoms with E-state index in [0.717, 1.165) is 36.1 Å². The van der Waals surface area contributed by atoms with Gasteiger partial charge in [-0.1, -0.05) is 24.3 Å². The summed E-state index contributed by atoms with van der Waals surface area (Å²) < 4.78 is 6.16. The number of hydrogen-bond acceptors (Lipinski definition) is 6. The smallest absolute Gasteiger partial charge is 0.266 e. The Labute approximate surface area is 221 Å². The molecule has 2 aromatic carbocycles. The number of hydrogen-bond donors (Lipinski definition) is 2. The quantitative estimate of drug-likeness (QED) is 0.279. The van der Waals surface area contributed by atoms with Gasteiger partial charge in [0.2, 0.25) is 0 Å². The van der Waals surface area contributed by atoms with Crippen LogP contribution in [0.3, 0.4) is 0 Å². The van der Waals surface area contributed by atoms with E-state index in [4.69, 9.17) is 4.74 Å². The van der Waals surface area contributed by atoms with Crippen molar-refractivity contribution < 1.29 is 14.3 Å². The Kier molecular flexibility index (Phi) is 8.17. The predicted molar refractivity (Wildman–Crippen MR) is 143 cm³/mol. The van der Waals surface area contributed by atoms with Crippen molar-refractivity contribution in [1.82, 2.24) is 0 Å². The van der Waals surface area contributed by atoms with E-state index in [1.54, 1.807) is 30.3 Å². The number of carbonyl (C=O) groups excluding carboxylic acids is 2. The molecule has 2 N–H and O–H groups in total. The molecule has 1 aliphatic rings. The van der Waals surface area contributed by atoms with E-state index in [1.807, 2.05) is 24.3 Å². The zero-order chi connectivity index (χ0) is 25.5. The molecule has 0 unspecified atom stereocenters. The number of halogens is 1. The first-order valence-electron chi connectivity index (χ1n) is 11.2. The number of benzene rings is 2. The SMILES string of the molecule is N#C/C(=C\c1ccc(OCC(=O)Nc2ccccc2)c(Br)c1)C(=O)Nc1sc2c(c1C#N)CCCC2. The number of rotatable bonds is 7. The number of fused-ring (bicyclic) bond motifs is 1. The summed E-state index contributed by atoms with van der Waals surface area (Å²) in [4.78, 5) is 26.1. The van der Waals surface area contributed by atoms with E-state index < -0.39 is 5.91 Å². The zero-order valence-electron chi connectivity index (χ0n) is 19.1. The third kappa shape index (κ3) is 6.01. The summed E-state index contributed by atoms with van der Waals surface area (Å²) in [6.45, 7) is -0.180. The van der Waals surface area contributed by atoms with Gasteiger partial charge in [0.25, 0.3) is 11.8 Å². The lowest BCUT2D eigenvalue weighted by Crippen LogP contribution is -2.20. The van der Waals surface area contributed by atoms with Gasteiger partial charge in [-0.25, -0.2) is 0 Å². The van der Waals surface area contributed by atoms with Crippen LogP contribution in [0.2, 0.25) is 0 Å². The van der Waals surface area contributed by atoms with Gasteiger partial charge < -0.3 is 15.4 Å². The maximum atomic E-state index is 12.8. The minimum Gasteiger partial charge on any atom is -0.483 e. The normalized spacial score (nSPS) is 12.6. The Bertz CT molecular complexity index is 1420. The fourth-order valence-corrected chi connectivity index (χ4v) is 5.59. The molecule has 9 heteroatoms. The van der Waals surface area contributed by atoms with Crippen LogP contribution < -0.4 is 15.4 Å². The average Bonchev–Trinajstić information content (AvgIpc) is 3.24. The van der Waals surface area contributed by atoms with Crippen molar-refractivity contribution in [2.24, 2.45) is 0 Å². The van der Waals surface area contributed by atoms with Gasteiger partial charge in [-0.15, -0.1) is 11.3 Å². The van der Waals surface area contributed by atoms with E-state index in [-0.39, 0.29) is 18.1 Å². The number of nitrogens with one attached hydrogen (secondary N) is 2. The lowest BCUT2D eigenvalue weighted by atomic mass is 9.96. The highest BCUT2D eigenvalue weighted by Gasteiger charge is 2.22. The Morgan fingerprint density at radius 2 is 1.86 bits per heavy atom. The van der Waals surface area contributed by atoms with Crippen LogP contribution in [0.15, 0.2) is 58.6 Å². The molecule has 2 amide bonds. The number of amides is 2. The number of aryl methyl sites for hydroxylation is 1. The molecule has 1 aliphatic carbocycles. The lowest BCUT2D eigenvalue weighted by Gasteiger charge is -2.10. The highest BCUT2D eigenvalue weighted by molar-refractivity contribution is 9.10. The topological polar surface area (TPSA) is 115 Å². The van der Waals surface area contributed by atoms with E-state index in [0.29, 0.717) is 32.0 Å². The molecule has 180 valence electrons. The van der Waals surface area contributed by atoms with Crippen LogP contribution in [-0.2, 0) is 22.4 Å². The zero-order valence-corrected chi connectivity index (χ0v) is 21.5. The molecular weight excluding hydrogens is 540 g/mol. The van der Waals surface area contributed by atoms with E-state index >= 15 is 0 Å². The average molecular weight is 561 g/mol. The number of nitrogens with zero attached hydrogens (tertiary/aromatic N) is 2. The van der Waals surface area contributed by atoms with E-state index in [1.165, 1.54) is 17.4 Å². The maximum absolute atomic E-state index is 12.8. The summed E-state index contributed by atoms with van der Waals surface area (Å²) in [6, 6.07) is 18.3. The van der Waals surface area contributed by atoms with Gasteiger partial charge in [-0.3, -0.25) is 9.59 Å². The third-order valence-electron chi connectivity index (χ3n) is 5.56. The number of nitriles is 2. The van der Waals surface area contributed by atoms with E-state index in [9.17, 15) is 20.1 Å². The number of ether oxygens (including phenoxy) is 1. The molecule has 0 radical (unpaired) electrons. The molecule has 0 saturated carbocycles. The molecular formula is C27H21BrN4O3S. The van der Waals surface area contributed by atoms with Crippen molar-refractivity contribution in [1.29, 1.82) is 10.5 Å². The fraction of sp³-hybridized carbons (Fsp3) is 0.185. The largest absolute Gasteiger partial charge is 0.483 e. The monoisotopic (exact) mass is 560 g/mol. The Morgan fingerprint density at radius 1 is 1.08 bits per heavy atom. The standard InChI is InChI=1S/C27H21BrN4O3S/c28-22-13-17(10-11-23(22)35-16-25(33)31-19-6-2-1-3-7-19)12-18(14-29)26(34)32-27-21(15-30)20-8-4-5-9-24(20)36-27/h1-3,6-7,10-13H,4-5,8-9,16H2,(H,31,33)(H,32,34)/b18-12+. The van der Waals surface area contributed by atoms with Gasteiger partial charge in [0.15, 0.2) is 6.61 Å². The molecule has 0 atom stereocenters. The van der Waals surface area contributed by atoms with Crippen LogP contribution in [0.4, 0.5) is 10.7 Å². The van der Waals surface area contributed by atoms with Gasteiger partial charge in [0.05, 0.1) is 10.0 Å². The molecule has 0 bridgehead atoms. The molecule has 1 heterocycles. The van der Waals surface area contributed by atoms with Gasteiger partial charge in [0, 0.05) is 10.6 Å². The predicted octanol–water partition coefficient (Wildman–Crippen LogP) is 5.82. The van der Waals surface area contributed by atoms with Crippen molar-refractivity contribution in [2.75, 3.05) is 17.2 Å². The highest BCUT2D eigenvalue weighted by atomic mass is 79.9. The van der Waals surface area contributed by atoms with Crippen LogP contribution in [0.1, 0.15) is 34.4 Å². The lowest BCUT2D eigenvalue weighted by molar-refractivity contribution is -0.118. The summed E-state index contributed by atoms with van der Waals surface area (Å²) in [6.07, 6.45) is 5.30. The van der Waals surface area contributed by atoms with Gasteiger partial charge in [0.1, 0.15) is 28.5 Å². The first-order valence-corrected chi connectivity index (χ1v) is 12.8. The molecule has 0 saturated heterocycles. The van der Waals surface area contributed by atoms with Crippen molar-refractivity contribution in [3.8, 4) is 17.9 Å². The van der Waals surface area contributed by atoms with Gasteiger partial charge >= 0.3 is 0 Å². The van der Waals surface area contributed by atoms with Crippen LogP contribution in [-0.4, -0.2) is 18.4 Å². The summed E-state index contributed by atoms with van der Waals surface area (Å²) in [5.41, 5.74) is 2.70. The van der Waals surface area contributed by atoms with Crippen molar-refractivity contribution in [3.63, 3.8) is 0 Å². The minimum absolute atomic E-state index is 0.0898. The van der Waals surface area contributed by atoms with Gasteiger partial charge in [-0.2, -0.15) is 10.5 Å². The Morgan fingerprint density at radius 3 is 2.58 bits per heavy atom. The van der Waals surface area contributed by atoms with Crippen molar-refractivity contribution in [3.05, 3.63) is 80.1 Å². The molecule has 0 aliphatic heterocycles. The maximum Gasteiger partial charge on any atom is 0.266 e. The first-order chi connectivity index (χ1) is 17.5. The van der Waals surface area contributed by atoms with Crippen molar-refractivity contribution >= 4 is 55.8 Å². The van der Waals surface area contributed by atoms with Crippen molar-refractivity contribution in [2.45, 2.75) is 25.7 Å². The highest BCUT2D eigenvalue weighted by Crippen LogP contribution is 2.37. The molecule has 3 aromatic rings. The van der Waals surface area contributed by atoms with Crippen LogP contribution in [0, 0.1) is 22.7 Å². The number of thiophene rings is 1. The molecule has 36 heavy (non-hydrogen) atoms. The Hall–Kier alpha value is -3.92. The molecule has 7 nitrogen and oxygen atoms in total. The minimum atomic E-state index is -0.568. The molecule has 1 aromatic heterocycles. The van der Waals surface area contributed by atoms with Gasteiger partial charge in [-0.05, 0) is 83.1 Å². The second-order valence-electron chi connectivity index (χ2n) is 8.04. The summed E-state index contributed by atoms with van der Waals surface area (Å²) in [5.74, 6) is -0.421. The Balaban J connectivity index is 1.42. The third-order valence-corrected chi connectivity index (χ3v) is 7.39. The summed E-state index contributed by atoms with van der Waals surface area (Å²) >= 11 is 4.83. The van der Waals surface area contributed by atoms with Crippen LogP contribution >= 0.6 is 27.3 Å². The summed E-state index contributed by atoms with van der Waals surface area (Å²) in [5, 5.41) is 25.2. The second kappa shape index (κ2) is 11.7. The number of carbonyl (C=O) groups is 2. The molecule has 0 fully saturated rings. The number of anilines is 2. The first kappa shape index (κ1) is 25.2. The van der Waals surface area contributed by atoms with Crippen LogP contribution in [0.5, 0.6) is 5.75 Å². The number of para-hydroxylation sites is 1.